The van der Waals surface area contributed by atoms with Gasteiger partial charge in [0.15, 0.2) is 5.50 Å². The van der Waals surface area contributed by atoms with Crippen LogP contribution in [0.1, 0.15) is 0 Å². The Morgan fingerprint density at radius 2 is 2.36 bits per heavy atom. The number of nitrogens with one attached hydrogen (secondary N) is 1. The van der Waals surface area contributed by atoms with Crippen LogP contribution in [0.3, 0.4) is 0 Å². The molecule has 0 aromatic carbocycles. The van der Waals surface area contributed by atoms with Crippen LogP contribution in [0.5, 0.6) is 0 Å². The third-order valence-electron chi connectivity index (χ3n) is 1.53. The molecule has 2 aliphatic heterocycles. The Labute approximate surface area is 66.6 Å². The van der Waals surface area contributed by atoms with Crippen LogP contribution in [0.2, 0.25) is 0 Å². The van der Waals surface area contributed by atoms with Gasteiger partial charge >= 0.3 is 6.03 Å². The minimum absolute atomic E-state index is 0.110. The predicted molar refractivity (Wildman–Crippen MR) is 37.7 cm³/mol. The number of nitrogens with zero attached hydrogens (tertiary/aromatic N) is 2. The fourth-order valence-electron chi connectivity index (χ4n) is 0.996. The molecule has 11 heavy (non-hydrogen) atoms. The molecular weight excluding hydrogens is 168 g/mol. The van der Waals surface area contributed by atoms with E-state index in [1.165, 1.54) is 16.8 Å². The monoisotopic (exact) mass is 174 g/mol. The number of amides is 3. The SMILES string of the molecule is NN1C(=O)NN2C(=O)CSC12. The van der Waals surface area contributed by atoms with Crippen molar-refractivity contribution >= 4 is 23.7 Å². The molecule has 0 saturated carbocycles. The van der Waals surface area contributed by atoms with Gasteiger partial charge < -0.3 is 0 Å². The molecule has 2 heterocycles. The van der Waals surface area contributed by atoms with Crippen LogP contribution in [-0.4, -0.2) is 33.2 Å². The quantitative estimate of drug-likeness (QED) is 0.352. The molecule has 0 aromatic heterocycles. The molecule has 7 heteroatoms. The Kier molecular flexibility index (Phi) is 1.24. The molecule has 1 unspecified atom stereocenters. The van der Waals surface area contributed by atoms with Gasteiger partial charge in [0.25, 0.3) is 5.91 Å². The lowest BCUT2D eigenvalue weighted by Gasteiger charge is -2.14. The Morgan fingerprint density at radius 3 is 3.00 bits per heavy atom. The molecule has 0 radical (unpaired) electrons. The summed E-state index contributed by atoms with van der Waals surface area (Å²) in [5.41, 5.74) is 1.99. The molecule has 2 aliphatic rings. The smallest absolute Gasteiger partial charge is 0.272 e. The van der Waals surface area contributed by atoms with Crippen LogP contribution in [0.25, 0.3) is 0 Å². The molecule has 3 N–H and O–H groups in total. The number of hydrogen-bond donors (Lipinski definition) is 2. The summed E-state index contributed by atoms with van der Waals surface area (Å²) in [6.07, 6.45) is 0. The van der Waals surface area contributed by atoms with E-state index in [1.54, 1.807) is 0 Å². The van der Waals surface area contributed by atoms with Gasteiger partial charge in [0, 0.05) is 0 Å². The van der Waals surface area contributed by atoms with Gasteiger partial charge in [-0.15, -0.1) is 11.8 Å². The lowest BCUT2D eigenvalue weighted by molar-refractivity contribution is -0.129. The van der Waals surface area contributed by atoms with Gasteiger partial charge in [0.05, 0.1) is 5.75 Å². The maximum atomic E-state index is 11.0. The van der Waals surface area contributed by atoms with Crippen LogP contribution >= 0.6 is 11.8 Å². The van der Waals surface area contributed by atoms with E-state index in [0.29, 0.717) is 5.75 Å². The van der Waals surface area contributed by atoms with E-state index in [-0.39, 0.29) is 11.4 Å². The third kappa shape index (κ3) is 0.778. The van der Waals surface area contributed by atoms with E-state index in [2.05, 4.69) is 5.43 Å². The van der Waals surface area contributed by atoms with E-state index in [1.807, 2.05) is 0 Å². The molecule has 3 amide bonds. The normalized spacial score (nSPS) is 29.4. The van der Waals surface area contributed by atoms with Crippen molar-refractivity contribution in [1.29, 1.82) is 0 Å². The largest absolute Gasteiger partial charge is 0.353 e. The van der Waals surface area contributed by atoms with E-state index >= 15 is 0 Å². The highest BCUT2D eigenvalue weighted by atomic mass is 32.2. The standard InChI is InChI=1S/C4H6N4O2S/c5-7-3(10)6-8-2(9)1-11-4(7)8/h4H,1,5H2,(H,6,10). The number of carbonyl (C=O) groups excluding carboxylic acids is 2. The van der Waals surface area contributed by atoms with Gasteiger partial charge in [-0.2, -0.15) is 0 Å². The van der Waals surface area contributed by atoms with E-state index in [9.17, 15) is 9.59 Å². The average molecular weight is 174 g/mol. The highest BCUT2D eigenvalue weighted by Crippen LogP contribution is 2.27. The van der Waals surface area contributed by atoms with Crippen molar-refractivity contribution in [3.63, 3.8) is 0 Å². The lowest BCUT2D eigenvalue weighted by atomic mass is 10.7. The summed E-state index contributed by atoms with van der Waals surface area (Å²) in [5, 5.41) is 2.25. The minimum atomic E-state index is -0.435. The van der Waals surface area contributed by atoms with Crippen LogP contribution in [-0.2, 0) is 4.79 Å². The van der Waals surface area contributed by atoms with Gasteiger partial charge in [0.2, 0.25) is 0 Å². The molecule has 2 saturated heterocycles. The number of hydrazine groups is 2. The number of fused-ring (bicyclic) bond motifs is 1. The number of hydrogen-bond acceptors (Lipinski definition) is 4. The number of rotatable bonds is 0. The van der Waals surface area contributed by atoms with Gasteiger partial charge in [-0.25, -0.2) is 26.1 Å². The van der Waals surface area contributed by atoms with Gasteiger partial charge in [-0.3, -0.25) is 4.79 Å². The molecular formula is C4H6N4O2S. The van der Waals surface area contributed by atoms with Crippen LogP contribution in [0, 0.1) is 0 Å². The zero-order valence-corrected chi connectivity index (χ0v) is 6.30. The number of nitrogens with two attached hydrogens (primary N) is 1. The van der Waals surface area contributed by atoms with Crippen LogP contribution < -0.4 is 11.3 Å². The molecule has 6 nitrogen and oxygen atoms in total. The highest BCUT2D eigenvalue weighted by molar-refractivity contribution is 8.00. The molecule has 0 spiro atoms. The second kappa shape index (κ2) is 2.02. The molecule has 0 bridgehead atoms. The first-order valence-corrected chi connectivity index (χ1v) is 4.03. The second-order valence-electron chi connectivity index (χ2n) is 2.23. The predicted octanol–water partition coefficient (Wildman–Crippen LogP) is -1.34. The molecule has 60 valence electrons. The van der Waals surface area contributed by atoms with E-state index in [0.717, 1.165) is 5.01 Å². The summed E-state index contributed by atoms with van der Waals surface area (Å²) in [6, 6.07) is -0.435. The van der Waals surface area contributed by atoms with Crippen molar-refractivity contribution in [2.75, 3.05) is 5.75 Å². The minimum Gasteiger partial charge on any atom is -0.272 e. The zero-order chi connectivity index (χ0) is 8.01. The van der Waals surface area contributed by atoms with Crippen molar-refractivity contribution in [3.05, 3.63) is 0 Å². The Hall–Kier alpha value is -0.950. The van der Waals surface area contributed by atoms with Gasteiger partial charge in [-0.05, 0) is 0 Å². The summed E-state index contributed by atoms with van der Waals surface area (Å²) in [7, 11) is 0. The molecule has 0 aromatic rings. The maximum absolute atomic E-state index is 11.0. The summed E-state index contributed by atoms with van der Waals surface area (Å²) in [4.78, 5) is 21.8. The van der Waals surface area contributed by atoms with Crippen molar-refractivity contribution < 1.29 is 9.59 Å². The zero-order valence-electron chi connectivity index (χ0n) is 5.48. The number of urea groups is 1. The third-order valence-corrected chi connectivity index (χ3v) is 2.68. The number of thioether (sulfide) groups is 1. The lowest BCUT2D eigenvalue weighted by Crippen LogP contribution is -2.39. The summed E-state index contributed by atoms with van der Waals surface area (Å²) in [6.45, 7) is 0. The Morgan fingerprint density at radius 1 is 1.64 bits per heavy atom. The van der Waals surface area contributed by atoms with Crippen molar-refractivity contribution in [3.8, 4) is 0 Å². The molecule has 0 aliphatic carbocycles. The maximum Gasteiger partial charge on any atom is 0.353 e. The van der Waals surface area contributed by atoms with Crippen molar-refractivity contribution in [2.24, 2.45) is 5.84 Å². The van der Waals surface area contributed by atoms with Crippen molar-refractivity contribution in [2.45, 2.75) is 5.50 Å². The number of carbonyl (C=O) groups is 2. The van der Waals surface area contributed by atoms with Gasteiger partial charge in [0.1, 0.15) is 0 Å². The molecule has 2 fully saturated rings. The first-order valence-electron chi connectivity index (χ1n) is 2.98. The van der Waals surface area contributed by atoms with Crippen LogP contribution in [0.15, 0.2) is 0 Å². The first kappa shape index (κ1) is 6.74. The second-order valence-corrected chi connectivity index (χ2v) is 3.27. The fourth-order valence-corrected chi connectivity index (χ4v) is 2.00. The van der Waals surface area contributed by atoms with E-state index < -0.39 is 6.03 Å². The molecule has 1 atom stereocenters. The van der Waals surface area contributed by atoms with Crippen LogP contribution in [0.4, 0.5) is 4.79 Å². The average Bonchev–Trinajstić information content (AvgIpc) is 2.43. The Bertz CT molecular complexity index is 230. The van der Waals surface area contributed by atoms with Crippen molar-refractivity contribution in [1.82, 2.24) is 15.4 Å². The Balaban J connectivity index is 2.24. The van der Waals surface area contributed by atoms with E-state index in [4.69, 9.17) is 5.84 Å². The summed E-state index contributed by atoms with van der Waals surface area (Å²) in [5.74, 6) is 5.60. The highest BCUT2D eigenvalue weighted by Gasteiger charge is 2.44. The molecule has 2 rings (SSSR count). The summed E-state index contributed by atoms with van der Waals surface area (Å²) < 4.78 is 0. The first-order chi connectivity index (χ1) is 5.20. The topological polar surface area (TPSA) is 78.7 Å². The van der Waals surface area contributed by atoms with Gasteiger partial charge in [-0.1, -0.05) is 0 Å². The fraction of sp³-hybridized carbons (Fsp3) is 0.500. The summed E-state index contributed by atoms with van der Waals surface area (Å²) >= 11 is 1.33.